The maximum atomic E-state index is 5.09. The molecule has 0 aliphatic rings. The van der Waals surface area contributed by atoms with Crippen LogP contribution in [0.25, 0.3) is 0 Å². The van der Waals surface area contributed by atoms with Crippen molar-refractivity contribution in [1.29, 1.82) is 0 Å². The molecule has 0 radical (unpaired) electrons. The van der Waals surface area contributed by atoms with Crippen molar-refractivity contribution in [2.24, 2.45) is 5.73 Å². The van der Waals surface area contributed by atoms with E-state index in [9.17, 15) is 0 Å². The van der Waals surface area contributed by atoms with E-state index in [0.29, 0.717) is 0 Å². The lowest BCUT2D eigenvalue weighted by Crippen LogP contribution is -2.16. The van der Waals surface area contributed by atoms with E-state index in [1.54, 1.807) is 0 Å². The van der Waals surface area contributed by atoms with Crippen molar-refractivity contribution in [2.45, 2.75) is 0 Å². The highest BCUT2D eigenvalue weighted by Crippen LogP contribution is 2.03. The summed E-state index contributed by atoms with van der Waals surface area (Å²) >= 11 is 4.49. The van der Waals surface area contributed by atoms with Crippen LogP contribution in [0.4, 0.5) is 5.69 Å². The van der Waals surface area contributed by atoms with Crippen molar-refractivity contribution < 1.29 is 4.84 Å². The zero-order valence-electron chi connectivity index (χ0n) is 5.78. The van der Waals surface area contributed by atoms with Gasteiger partial charge >= 0.3 is 0 Å². The summed E-state index contributed by atoms with van der Waals surface area (Å²) in [7, 11) is 0. The fourth-order valence-electron chi connectivity index (χ4n) is 0.615. The Bertz CT molecular complexity index is 237. The summed E-state index contributed by atoms with van der Waals surface area (Å²) in [4.78, 5) is 4.69. The molecular formula is C7H8N2OS. The van der Waals surface area contributed by atoms with Gasteiger partial charge in [-0.1, -0.05) is 18.2 Å². The van der Waals surface area contributed by atoms with E-state index >= 15 is 0 Å². The number of rotatable bonds is 2. The molecule has 3 nitrogen and oxygen atoms in total. The molecule has 0 amide bonds. The molecule has 3 N–H and O–H groups in total. The zero-order valence-corrected chi connectivity index (χ0v) is 6.60. The first-order chi connectivity index (χ1) is 5.29. The molecule has 0 saturated carbocycles. The van der Waals surface area contributed by atoms with Gasteiger partial charge in [0.25, 0.3) is 5.17 Å². The van der Waals surface area contributed by atoms with Gasteiger partial charge in [0.05, 0.1) is 5.69 Å². The highest BCUT2D eigenvalue weighted by Gasteiger charge is 1.88. The van der Waals surface area contributed by atoms with Crippen LogP contribution < -0.4 is 11.2 Å². The Morgan fingerprint density at radius 2 is 2.00 bits per heavy atom. The van der Waals surface area contributed by atoms with Crippen LogP contribution in [0.15, 0.2) is 30.3 Å². The summed E-state index contributed by atoms with van der Waals surface area (Å²) in [6, 6.07) is 9.36. The first-order valence-electron chi connectivity index (χ1n) is 3.06. The second kappa shape index (κ2) is 3.78. The number of para-hydroxylation sites is 1. The van der Waals surface area contributed by atoms with Crippen LogP contribution in [-0.2, 0) is 4.84 Å². The molecule has 0 heterocycles. The van der Waals surface area contributed by atoms with Crippen LogP contribution >= 0.6 is 12.2 Å². The maximum Gasteiger partial charge on any atom is 0.283 e. The average Bonchev–Trinajstić information content (AvgIpc) is 2.03. The van der Waals surface area contributed by atoms with Crippen LogP contribution in [0, 0.1) is 0 Å². The highest BCUT2D eigenvalue weighted by molar-refractivity contribution is 7.80. The quantitative estimate of drug-likeness (QED) is 0.515. The molecule has 0 atom stereocenters. The van der Waals surface area contributed by atoms with E-state index in [2.05, 4.69) is 22.5 Å². The SMILES string of the molecule is NC(=S)ONc1ccccc1. The largest absolute Gasteiger partial charge is 0.358 e. The van der Waals surface area contributed by atoms with E-state index in [4.69, 9.17) is 5.73 Å². The third-order valence-electron chi connectivity index (χ3n) is 1.04. The molecule has 1 aromatic rings. The van der Waals surface area contributed by atoms with Gasteiger partial charge in [-0.05, 0) is 24.4 Å². The van der Waals surface area contributed by atoms with Crippen molar-refractivity contribution in [1.82, 2.24) is 0 Å². The number of nitrogens with two attached hydrogens (primary N) is 1. The summed E-state index contributed by atoms with van der Waals surface area (Å²) < 4.78 is 0. The molecule has 1 aromatic carbocycles. The van der Waals surface area contributed by atoms with Crippen LogP contribution in [-0.4, -0.2) is 5.17 Å². The Balaban J connectivity index is 2.45. The predicted octanol–water partition coefficient (Wildman–Crippen LogP) is 1.27. The zero-order chi connectivity index (χ0) is 8.10. The van der Waals surface area contributed by atoms with E-state index in [-0.39, 0.29) is 5.17 Å². The molecule has 0 fully saturated rings. The number of thiocarbonyl (C=S) groups is 1. The maximum absolute atomic E-state index is 5.09. The summed E-state index contributed by atoms with van der Waals surface area (Å²) in [5.74, 6) is 0. The van der Waals surface area contributed by atoms with Crippen molar-refractivity contribution in [3.05, 3.63) is 30.3 Å². The Morgan fingerprint density at radius 3 is 2.55 bits per heavy atom. The summed E-state index contributed by atoms with van der Waals surface area (Å²) in [5, 5.41) is -0.0196. The molecule has 0 spiro atoms. The van der Waals surface area contributed by atoms with E-state index in [0.717, 1.165) is 5.69 Å². The Hall–Kier alpha value is -1.29. The van der Waals surface area contributed by atoms with Gasteiger partial charge in [-0.25, -0.2) is 5.48 Å². The van der Waals surface area contributed by atoms with Crippen LogP contribution in [0.2, 0.25) is 0 Å². The topological polar surface area (TPSA) is 47.3 Å². The Kier molecular flexibility index (Phi) is 2.68. The van der Waals surface area contributed by atoms with E-state index < -0.39 is 0 Å². The molecule has 0 bridgehead atoms. The molecule has 1 rings (SSSR count). The minimum Gasteiger partial charge on any atom is -0.358 e. The van der Waals surface area contributed by atoms with Gasteiger partial charge in [-0.2, -0.15) is 0 Å². The average molecular weight is 168 g/mol. The number of anilines is 1. The van der Waals surface area contributed by atoms with E-state index in [1.807, 2.05) is 30.3 Å². The first kappa shape index (κ1) is 7.81. The normalized spacial score (nSPS) is 8.73. The number of hydrogen-bond acceptors (Lipinski definition) is 3. The monoisotopic (exact) mass is 168 g/mol. The second-order valence-corrected chi connectivity index (χ2v) is 2.29. The highest BCUT2D eigenvalue weighted by atomic mass is 32.1. The molecule has 0 aliphatic carbocycles. The van der Waals surface area contributed by atoms with E-state index in [1.165, 1.54) is 0 Å². The number of benzene rings is 1. The van der Waals surface area contributed by atoms with Gasteiger partial charge in [-0.3, -0.25) is 0 Å². The lowest BCUT2D eigenvalue weighted by atomic mass is 10.3. The third-order valence-corrected chi connectivity index (χ3v) is 1.13. The number of hydrogen-bond donors (Lipinski definition) is 2. The van der Waals surface area contributed by atoms with Gasteiger partial charge in [0.2, 0.25) is 0 Å². The van der Waals surface area contributed by atoms with Crippen LogP contribution in [0.1, 0.15) is 0 Å². The summed E-state index contributed by atoms with van der Waals surface area (Å²) in [6.45, 7) is 0. The fraction of sp³-hybridized carbons (Fsp3) is 0. The molecule has 0 saturated heterocycles. The van der Waals surface area contributed by atoms with Gasteiger partial charge in [0.1, 0.15) is 0 Å². The number of nitrogens with one attached hydrogen (secondary N) is 1. The van der Waals surface area contributed by atoms with Gasteiger partial charge < -0.3 is 10.6 Å². The standard InChI is InChI=1S/C7H8N2OS/c8-7(11)10-9-6-4-2-1-3-5-6/h1-5,9H,(H2,8,11). The molecule has 0 aromatic heterocycles. The third kappa shape index (κ3) is 2.86. The Morgan fingerprint density at radius 1 is 1.36 bits per heavy atom. The summed E-state index contributed by atoms with van der Waals surface area (Å²) in [6.07, 6.45) is 0. The van der Waals surface area contributed by atoms with Crippen molar-refractivity contribution in [3.63, 3.8) is 0 Å². The van der Waals surface area contributed by atoms with Gasteiger partial charge in [-0.15, -0.1) is 0 Å². The van der Waals surface area contributed by atoms with Gasteiger partial charge in [0, 0.05) is 0 Å². The predicted molar refractivity (Wildman–Crippen MR) is 47.9 cm³/mol. The molecule has 11 heavy (non-hydrogen) atoms. The summed E-state index contributed by atoms with van der Waals surface area (Å²) in [5.41, 5.74) is 8.48. The fourth-order valence-corrected chi connectivity index (χ4v) is 0.657. The second-order valence-electron chi connectivity index (χ2n) is 1.89. The molecule has 4 heteroatoms. The van der Waals surface area contributed by atoms with Crippen LogP contribution in [0.3, 0.4) is 0 Å². The molecule has 58 valence electrons. The lowest BCUT2D eigenvalue weighted by Gasteiger charge is -2.04. The molecule has 0 aliphatic heterocycles. The van der Waals surface area contributed by atoms with Crippen molar-refractivity contribution in [2.75, 3.05) is 5.48 Å². The smallest absolute Gasteiger partial charge is 0.283 e. The van der Waals surface area contributed by atoms with Gasteiger partial charge in [0.15, 0.2) is 0 Å². The minimum absolute atomic E-state index is 0.0196. The first-order valence-corrected chi connectivity index (χ1v) is 3.47. The Labute approximate surface area is 70.1 Å². The lowest BCUT2D eigenvalue weighted by molar-refractivity contribution is 0.398. The molecule has 0 unspecified atom stereocenters. The van der Waals surface area contributed by atoms with Crippen molar-refractivity contribution in [3.8, 4) is 0 Å². The molecular weight excluding hydrogens is 160 g/mol. The van der Waals surface area contributed by atoms with Crippen LogP contribution in [0.5, 0.6) is 0 Å². The van der Waals surface area contributed by atoms with Crippen molar-refractivity contribution >= 4 is 23.1 Å². The minimum atomic E-state index is -0.0196.